The third kappa shape index (κ3) is 4.38. The SMILES string of the molecule is CCOC(=O)C1=C(C)N=c2sc(=Cc3ccc(Cl)cc3)c(=O)n2C1c1ccc(OC)c(OC)c1. The van der Waals surface area contributed by atoms with E-state index in [9.17, 15) is 9.59 Å². The molecule has 1 unspecified atom stereocenters. The number of carbonyl (C=O) groups is 1. The Morgan fingerprint density at radius 3 is 2.50 bits per heavy atom. The number of fused-ring (bicyclic) bond motifs is 1. The molecule has 0 N–H and O–H groups in total. The molecule has 1 atom stereocenters. The number of rotatable bonds is 6. The molecule has 176 valence electrons. The van der Waals surface area contributed by atoms with Gasteiger partial charge in [0.05, 0.1) is 42.7 Å². The number of nitrogens with zero attached hydrogens (tertiary/aromatic N) is 2. The molecule has 9 heteroatoms. The molecule has 0 fully saturated rings. The van der Waals surface area contributed by atoms with Crippen molar-refractivity contribution in [3.05, 3.63) is 89.6 Å². The lowest BCUT2D eigenvalue weighted by Gasteiger charge is -2.25. The van der Waals surface area contributed by atoms with Crippen molar-refractivity contribution in [2.24, 2.45) is 4.99 Å². The lowest BCUT2D eigenvalue weighted by molar-refractivity contribution is -0.139. The quantitative estimate of drug-likeness (QED) is 0.486. The fraction of sp³-hybridized carbons (Fsp3) is 0.240. The van der Waals surface area contributed by atoms with E-state index >= 15 is 0 Å². The van der Waals surface area contributed by atoms with E-state index < -0.39 is 12.0 Å². The van der Waals surface area contributed by atoms with Crippen LogP contribution >= 0.6 is 22.9 Å². The van der Waals surface area contributed by atoms with Crippen molar-refractivity contribution >= 4 is 35.0 Å². The van der Waals surface area contributed by atoms with Crippen molar-refractivity contribution < 1.29 is 19.0 Å². The van der Waals surface area contributed by atoms with Crippen LogP contribution in [-0.4, -0.2) is 31.4 Å². The van der Waals surface area contributed by atoms with E-state index in [2.05, 4.69) is 4.99 Å². The first kappa shape index (κ1) is 23.8. The molecule has 34 heavy (non-hydrogen) atoms. The highest BCUT2D eigenvalue weighted by atomic mass is 35.5. The van der Waals surface area contributed by atoms with E-state index in [1.54, 1.807) is 57.4 Å². The van der Waals surface area contributed by atoms with Crippen molar-refractivity contribution in [3.8, 4) is 11.5 Å². The van der Waals surface area contributed by atoms with E-state index in [0.29, 0.717) is 42.7 Å². The van der Waals surface area contributed by atoms with Crippen molar-refractivity contribution in [3.63, 3.8) is 0 Å². The van der Waals surface area contributed by atoms with Gasteiger partial charge in [-0.3, -0.25) is 9.36 Å². The van der Waals surface area contributed by atoms with Gasteiger partial charge in [0.25, 0.3) is 5.56 Å². The third-order valence-electron chi connectivity index (χ3n) is 5.41. The van der Waals surface area contributed by atoms with Crippen LogP contribution in [-0.2, 0) is 9.53 Å². The summed E-state index contributed by atoms with van der Waals surface area (Å²) in [5, 5.41) is 0.613. The summed E-state index contributed by atoms with van der Waals surface area (Å²) in [6, 6.07) is 11.8. The van der Waals surface area contributed by atoms with Gasteiger partial charge in [0, 0.05) is 5.02 Å². The van der Waals surface area contributed by atoms with Crippen LogP contribution in [0.1, 0.15) is 31.0 Å². The summed E-state index contributed by atoms with van der Waals surface area (Å²) >= 11 is 7.25. The number of ether oxygens (including phenoxy) is 3. The number of esters is 1. The topological polar surface area (TPSA) is 79.1 Å². The van der Waals surface area contributed by atoms with E-state index in [-0.39, 0.29) is 12.2 Å². The van der Waals surface area contributed by atoms with Crippen LogP contribution in [0, 0.1) is 0 Å². The van der Waals surface area contributed by atoms with Crippen molar-refractivity contribution in [1.29, 1.82) is 0 Å². The Morgan fingerprint density at radius 1 is 1.15 bits per heavy atom. The van der Waals surface area contributed by atoms with Gasteiger partial charge in [0.15, 0.2) is 16.3 Å². The number of allylic oxidation sites excluding steroid dienone is 1. The van der Waals surface area contributed by atoms with Crippen LogP contribution in [0.4, 0.5) is 0 Å². The molecule has 1 aliphatic rings. The molecule has 0 saturated carbocycles. The number of hydrogen-bond donors (Lipinski definition) is 0. The molecule has 0 saturated heterocycles. The molecule has 0 amide bonds. The summed E-state index contributed by atoms with van der Waals surface area (Å²) < 4.78 is 18.2. The molecule has 0 aliphatic carbocycles. The van der Waals surface area contributed by atoms with Gasteiger partial charge in [-0.15, -0.1) is 0 Å². The monoisotopic (exact) mass is 498 g/mol. The molecule has 2 heterocycles. The van der Waals surface area contributed by atoms with Crippen molar-refractivity contribution in [2.45, 2.75) is 19.9 Å². The predicted octanol–water partition coefficient (Wildman–Crippen LogP) is 3.47. The summed E-state index contributed by atoms with van der Waals surface area (Å²) in [6.07, 6.45) is 1.79. The highest BCUT2D eigenvalue weighted by Crippen LogP contribution is 2.36. The molecule has 3 aromatic rings. The largest absolute Gasteiger partial charge is 0.493 e. The summed E-state index contributed by atoms with van der Waals surface area (Å²) in [7, 11) is 3.08. The highest BCUT2D eigenvalue weighted by molar-refractivity contribution is 7.07. The molecule has 4 rings (SSSR count). The second-order valence-corrected chi connectivity index (χ2v) is 8.91. The smallest absolute Gasteiger partial charge is 0.338 e. The Kier molecular flexibility index (Phi) is 6.90. The first-order chi connectivity index (χ1) is 16.4. The minimum absolute atomic E-state index is 0.204. The molecule has 1 aromatic heterocycles. The third-order valence-corrected chi connectivity index (χ3v) is 6.64. The first-order valence-corrected chi connectivity index (χ1v) is 11.7. The Bertz CT molecular complexity index is 1450. The van der Waals surface area contributed by atoms with Gasteiger partial charge in [-0.05, 0) is 55.3 Å². The van der Waals surface area contributed by atoms with Crippen LogP contribution in [0.3, 0.4) is 0 Å². The molecule has 1 aliphatic heterocycles. The number of benzene rings is 2. The lowest BCUT2D eigenvalue weighted by Crippen LogP contribution is -2.39. The van der Waals surface area contributed by atoms with Crippen LogP contribution in [0.15, 0.2) is 63.5 Å². The van der Waals surface area contributed by atoms with Crippen LogP contribution < -0.4 is 24.4 Å². The van der Waals surface area contributed by atoms with Gasteiger partial charge >= 0.3 is 5.97 Å². The number of aromatic nitrogens is 1. The maximum atomic E-state index is 13.6. The van der Waals surface area contributed by atoms with Crippen LogP contribution in [0.2, 0.25) is 5.02 Å². The number of thiazole rings is 1. The maximum absolute atomic E-state index is 13.6. The standard InChI is InChI=1S/C25H23ClN2O5S/c1-5-33-24(30)21-14(2)27-25-28(22(21)16-8-11-18(31-3)19(13-16)32-4)23(29)20(34-25)12-15-6-9-17(26)10-7-15/h6-13,22H,5H2,1-4H3. The fourth-order valence-corrected chi connectivity index (χ4v) is 5.01. The van der Waals surface area contributed by atoms with E-state index in [1.165, 1.54) is 23.0 Å². The van der Waals surface area contributed by atoms with E-state index in [0.717, 1.165) is 5.56 Å². The summed E-state index contributed by atoms with van der Waals surface area (Å²) in [5.74, 6) is 0.511. The molecule has 2 aromatic carbocycles. The Hall–Kier alpha value is -3.36. The average Bonchev–Trinajstić information content (AvgIpc) is 3.13. The maximum Gasteiger partial charge on any atom is 0.338 e. The molecular formula is C25H23ClN2O5S. The molecule has 0 bridgehead atoms. The zero-order valence-corrected chi connectivity index (χ0v) is 20.7. The fourth-order valence-electron chi connectivity index (χ4n) is 3.84. The molecule has 0 spiro atoms. The number of hydrogen-bond acceptors (Lipinski definition) is 7. The lowest BCUT2D eigenvalue weighted by atomic mass is 9.95. The Morgan fingerprint density at radius 2 is 1.85 bits per heavy atom. The number of carbonyl (C=O) groups excluding carboxylic acids is 1. The summed E-state index contributed by atoms with van der Waals surface area (Å²) in [5.41, 5.74) is 2.05. The molecular weight excluding hydrogens is 476 g/mol. The average molecular weight is 499 g/mol. The zero-order chi connectivity index (χ0) is 24.4. The van der Waals surface area contributed by atoms with Crippen molar-refractivity contribution in [1.82, 2.24) is 4.57 Å². The number of halogens is 1. The van der Waals surface area contributed by atoms with Crippen LogP contribution in [0.5, 0.6) is 11.5 Å². The Labute approximate surface area is 205 Å². The second kappa shape index (κ2) is 9.87. The minimum Gasteiger partial charge on any atom is -0.493 e. The van der Waals surface area contributed by atoms with E-state index in [4.69, 9.17) is 25.8 Å². The minimum atomic E-state index is -0.734. The van der Waals surface area contributed by atoms with Gasteiger partial charge in [-0.1, -0.05) is 41.1 Å². The van der Waals surface area contributed by atoms with Gasteiger partial charge in [0.2, 0.25) is 0 Å². The van der Waals surface area contributed by atoms with E-state index in [1.807, 2.05) is 12.1 Å². The number of methoxy groups -OCH3 is 2. The summed E-state index contributed by atoms with van der Waals surface area (Å²) in [6.45, 7) is 3.69. The normalized spacial score (nSPS) is 15.6. The van der Waals surface area contributed by atoms with Crippen molar-refractivity contribution in [2.75, 3.05) is 20.8 Å². The first-order valence-electron chi connectivity index (χ1n) is 10.5. The molecule has 7 nitrogen and oxygen atoms in total. The predicted molar refractivity (Wildman–Crippen MR) is 131 cm³/mol. The zero-order valence-electron chi connectivity index (χ0n) is 19.1. The van der Waals surface area contributed by atoms with Crippen LogP contribution in [0.25, 0.3) is 6.08 Å². The van der Waals surface area contributed by atoms with Gasteiger partial charge < -0.3 is 14.2 Å². The van der Waals surface area contributed by atoms with Gasteiger partial charge in [-0.2, -0.15) is 0 Å². The highest BCUT2D eigenvalue weighted by Gasteiger charge is 2.33. The van der Waals surface area contributed by atoms with Gasteiger partial charge in [-0.25, -0.2) is 9.79 Å². The molecule has 0 radical (unpaired) electrons. The Balaban J connectivity index is 1.96. The summed E-state index contributed by atoms with van der Waals surface area (Å²) in [4.78, 5) is 31.7. The van der Waals surface area contributed by atoms with Gasteiger partial charge in [0.1, 0.15) is 0 Å². The second-order valence-electron chi connectivity index (χ2n) is 7.47.